The van der Waals surface area contributed by atoms with Crippen molar-refractivity contribution in [2.24, 2.45) is 0 Å². The number of ether oxygens (including phenoxy) is 3. The van der Waals surface area contributed by atoms with Crippen LogP contribution in [0.1, 0.15) is 37.2 Å². The molecule has 0 amide bonds. The lowest BCUT2D eigenvalue weighted by atomic mass is 9.79. The zero-order chi connectivity index (χ0) is 15.9. The van der Waals surface area contributed by atoms with Crippen molar-refractivity contribution in [3.63, 3.8) is 0 Å². The van der Waals surface area contributed by atoms with Gasteiger partial charge in [0, 0.05) is 6.04 Å². The third-order valence-electron chi connectivity index (χ3n) is 4.34. The molecule has 0 spiro atoms. The normalized spacial score (nSPS) is 21.2. The lowest BCUT2D eigenvalue weighted by Crippen LogP contribution is -2.38. The number of hydrogen-bond donors (Lipinski definition) is 1. The maximum absolute atomic E-state index is 10.7. The predicted octanol–water partition coefficient (Wildman–Crippen LogP) is 2.53. The fourth-order valence-corrected chi connectivity index (χ4v) is 3.29. The van der Waals surface area contributed by atoms with Crippen molar-refractivity contribution < 1.29 is 19.0 Å². The van der Waals surface area contributed by atoms with E-state index in [4.69, 9.17) is 14.2 Å². The van der Waals surface area contributed by atoms with Gasteiger partial charge in [-0.2, -0.15) is 0 Å². The first-order valence-corrected chi connectivity index (χ1v) is 7.72. The van der Waals surface area contributed by atoms with E-state index in [2.05, 4.69) is 5.32 Å². The smallest absolute Gasteiger partial charge is 0.203 e. The fourth-order valence-electron chi connectivity index (χ4n) is 3.29. The van der Waals surface area contributed by atoms with E-state index in [0.717, 1.165) is 24.7 Å². The quantitative estimate of drug-likeness (QED) is 0.785. The molecular weight excluding hydrogens is 282 g/mol. The van der Waals surface area contributed by atoms with Crippen LogP contribution in [0.4, 0.5) is 0 Å². The first kappa shape index (κ1) is 16.6. The highest BCUT2D eigenvalue weighted by Gasteiger charge is 2.28. The lowest BCUT2D eigenvalue weighted by molar-refractivity contribution is -0.107. The van der Waals surface area contributed by atoms with Crippen molar-refractivity contribution in [3.05, 3.63) is 17.7 Å². The Kier molecular flexibility index (Phi) is 6.07. The van der Waals surface area contributed by atoms with Crippen LogP contribution < -0.4 is 19.5 Å². The van der Waals surface area contributed by atoms with Gasteiger partial charge in [-0.25, -0.2) is 0 Å². The predicted molar refractivity (Wildman–Crippen MR) is 85.2 cm³/mol. The van der Waals surface area contributed by atoms with Crippen LogP contribution in [-0.4, -0.2) is 40.2 Å². The molecule has 1 fully saturated rings. The van der Waals surface area contributed by atoms with E-state index in [9.17, 15) is 4.79 Å². The summed E-state index contributed by atoms with van der Waals surface area (Å²) in [5.74, 6) is 2.32. The van der Waals surface area contributed by atoms with Crippen LogP contribution in [0, 0.1) is 0 Å². The standard InChI is InChI=1S/C17H25NO4/c1-20-15-10-12(11-16(21-2)17(15)22-3)13-6-4-5-7-14(13)18-8-9-19/h9-11,13-14,18H,4-8H2,1-3H3. The van der Waals surface area contributed by atoms with Gasteiger partial charge in [0.15, 0.2) is 11.5 Å². The van der Waals surface area contributed by atoms with E-state index < -0.39 is 0 Å². The van der Waals surface area contributed by atoms with Crippen molar-refractivity contribution in [2.45, 2.75) is 37.6 Å². The summed E-state index contributed by atoms with van der Waals surface area (Å²) in [6, 6.07) is 4.35. The summed E-state index contributed by atoms with van der Waals surface area (Å²) in [5.41, 5.74) is 1.16. The summed E-state index contributed by atoms with van der Waals surface area (Å²) in [6.45, 7) is 0.394. The molecule has 1 aromatic rings. The molecule has 1 saturated carbocycles. The van der Waals surface area contributed by atoms with Gasteiger partial charge in [-0.15, -0.1) is 0 Å². The van der Waals surface area contributed by atoms with Crippen LogP contribution in [0.15, 0.2) is 12.1 Å². The molecule has 2 atom stereocenters. The molecule has 5 nitrogen and oxygen atoms in total. The molecule has 0 aromatic heterocycles. The second-order valence-corrected chi connectivity index (χ2v) is 5.53. The number of carbonyl (C=O) groups excluding carboxylic acids is 1. The molecule has 2 unspecified atom stereocenters. The highest BCUT2D eigenvalue weighted by Crippen LogP contribution is 2.43. The van der Waals surface area contributed by atoms with Crippen LogP contribution in [-0.2, 0) is 4.79 Å². The van der Waals surface area contributed by atoms with Gasteiger partial charge in [0.05, 0.1) is 27.9 Å². The largest absolute Gasteiger partial charge is 0.493 e. The maximum atomic E-state index is 10.7. The summed E-state index contributed by atoms with van der Waals surface area (Å²) in [4.78, 5) is 10.7. The summed E-state index contributed by atoms with van der Waals surface area (Å²) < 4.78 is 16.3. The van der Waals surface area contributed by atoms with Crippen molar-refractivity contribution >= 4 is 6.29 Å². The van der Waals surface area contributed by atoms with E-state index in [1.807, 2.05) is 12.1 Å². The molecule has 1 aliphatic carbocycles. The molecule has 0 saturated heterocycles. The first-order valence-electron chi connectivity index (χ1n) is 7.72. The van der Waals surface area contributed by atoms with Gasteiger partial charge >= 0.3 is 0 Å². The Hall–Kier alpha value is -1.75. The number of nitrogens with one attached hydrogen (secondary N) is 1. The Morgan fingerprint density at radius 3 is 2.27 bits per heavy atom. The van der Waals surface area contributed by atoms with E-state index in [-0.39, 0.29) is 0 Å². The molecule has 1 N–H and O–H groups in total. The SMILES string of the molecule is COc1cc(C2CCCCC2NCC=O)cc(OC)c1OC. The zero-order valence-corrected chi connectivity index (χ0v) is 13.6. The number of methoxy groups -OCH3 is 3. The Morgan fingerprint density at radius 1 is 1.09 bits per heavy atom. The molecule has 2 rings (SSSR count). The van der Waals surface area contributed by atoms with Crippen LogP contribution in [0.25, 0.3) is 0 Å². The molecule has 0 bridgehead atoms. The average molecular weight is 307 g/mol. The Balaban J connectivity index is 2.34. The molecule has 0 radical (unpaired) electrons. The minimum Gasteiger partial charge on any atom is -0.493 e. The molecule has 22 heavy (non-hydrogen) atoms. The highest BCUT2D eigenvalue weighted by atomic mass is 16.5. The van der Waals surface area contributed by atoms with E-state index in [1.54, 1.807) is 21.3 Å². The van der Waals surface area contributed by atoms with Crippen molar-refractivity contribution in [1.82, 2.24) is 5.32 Å². The van der Waals surface area contributed by atoms with Crippen LogP contribution in [0.5, 0.6) is 17.2 Å². The van der Waals surface area contributed by atoms with Gasteiger partial charge < -0.3 is 24.3 Å². The lowest BCUT2D eigenvalue weighted by Gasteiger charge is -2.33. The minimum absolute atomic E-state index is 0.307. The molecular formula is C17H25NO4. The van der Waals surface area contributed by atoms with Crippen LogP contribution >= 0.6 is 0 Å². The molecule has 5 heteroatoms. The van der Waals surface area contributed by atoms with Gasteiger partial charge in [-0.05, 0) is 36.5 Å². The summed E-state index contributed by atoms with van der Waals surface area (Å²) >= 11 is 0. The number of carbonyl (C=O) groups is 1. The maximum Gasteiger partial charge on any atom is 0.203 e. The fraction of sp³-hybridized carbons (Fsp3) is 0.588. The van der Waals surface area contributed by atoms with Gasteiger partial charge in [-0.1, -0.05) is 12.8 Å². The monoisotopic (exact) mass is 307 g/mol. The van der Waals surface area contributed by atoms with Gasteiger partial charge in [0.1, 0.15) is 6.29 Å². The van der Waals surface area contributed by atoms with Crippen LogP contribution in [0.3, 0.4) is 0 Å². The Labute approximate surface area is 131 Å². The number of benzene rings is 1. The second-order valence-electron chi connectivity index (χ2n) is 5.53. The number of hydrogen-bond acceptors (Lipinski definition) is 5. The van der Waals surface area contributed by atoms with Gasteiger partial charge in [0.2, 0.25) is 5.75 Å². The summed E-state index contributed by atoms with van der Waals surface area (Å²) in [6.07, 6.45) is 5.48. The topological polar surface area (TPSA) is 56.8 Å². The third kappa shape index (κ3) is 3.53. The van der Waals surface area contributed by atoms with Gasteiger partial charge in [-0.3, -0.25) is 0 Å². The molecule has 0 aliphatic heterocycles. The number of aldehydes is 1. The van der Waals surface area contributed by atoms with E-state index in [1.165, 1.54) is 12.8 Å². The molecule has 1 aliphatic rings. The number of rotatable bonds is 7. The summed E-state index contributed by atoms with van der Waals surface area (Å²) in [7, 11) is 4.86. The van der Waals surface area contributed by atoms with Crippen LogP contribution in [0.2, 0.25) is 0 Å². The van der Waals surface area contributed by atoms with E-state index in [0.29, 0.717) is 35.8 Å². The van der Waals surface area contributed by atoms with E-state index >= 15 is 0 Å². The Morgan fingerprint density at radius 2 is 1.73 bits per heavy atom. The van der Waals surface area contributed by atoms with Crippen molar-refractivity contribution in [2.75, 3.05) is 27.9 Å². The Bertz CT molecular complexity index is 478. The summed E-state index contributed by atoms with van der Waals surface area (Å²) in [5, 5.41) is 3.34. The highest BCUT2D eigenvalue weighted by molar-refractivity contribution is 5.55. The third-order valence-corrected chi connectivity index (χ3v) is 4.34. The second kappa shape index (κ2) is 8.03. The average Bonchev–Trinajstić information content (AvgIpc) is 2.58. The molecule has 1 aromatic carbocycles. The molecule has 0 heterocycles. The zero-order valence-electron chi connectivity index (χ0n) is 13.6. The molecule has 122 valence electrons. The van der Waals surface area contributed by atoms with Gasteiger partial charge in [0.25, 0.3) is 0 Å². The van der Waals surface area contributed by atoms with Crippen molar-refractivity contribution in [3.8, 4) is 17.2 Å². The van der Waals surface area contributed by atoms with Crippen molar-refractivity contribution in [1.29, 1.82) is 0 Å². The first-order chi connectivity index (χ1) is 10.7. The minimum atomic E-state index is 0.307.